The maximum absolute atomic E-state index is 11.0. The van der Waals surface area contributed by atoms with Crippen LogP contribution in [-0.4, -0.2) is 9.79 Å². The molecule has 0 spiro atoms. The van der Waals surface area contributed by atoms with Gasteiger partial charge in [-0.1, -0.05) is 30.3 Å². The van der Waals surface area contributed by atoms with Gasteiger partial charge in [-0.25, -0.2) is 0 Å². The van der Waals surface area contributed by atoms with Crippen LogP contribution in [-0.2, 0) is 11.2 Å². The van der Waals surface area contributed by atoms with E-state index >= 15 is 0 Å². The second-order valence-electron chi connectivity index (χ2n) is 3.81. The van der Waals surface area contributed by atoms with E-state index in [4.69, 9.17) is 14.5 Å². The summed E-state index contributed by atoms with van der Waals surface area (Å²) < 4.78 is 16.5. The van der Waals surface area contributed by atoms with E-state index in [0.717, 1.165) is 5.56 Å². The van der Waals surface area contributed by atoms with Gasteiger partial charge in [-0.3, -0.25) is 4.57 Å². The largest absolute Gasteiger partial charge is 0.489 e. The normalized spacial score (nSPS) is 11.2. The molecule has 0 atom stereocenters. The summed E-state index contributed by atoms with van der Waals surface area (Å²) in [6.07, 6.45) is 0. The molecule has 0 bridgehead atoms. The summed E-state index contributed by atoms with van der Waals surface area (Å²) in [5.41, 5.74) is 1.04. The van der Waals surface area contributed by atoms with Crippen molar-refractivity contribution in [1.82, 2.24) is 0 Å². The Bertz CT molecular complexity index is 545. The molecule has 2 N–H and O–H groups in total. The molecule has 18 heavy (non-hydrogen) atoms. The van der Waals surface area contributed by atoms with Crippen LogP contribution in [0.25, 0.3) is 0 Å². The fourth-order valence-electron chi connectivity index (χ4n) is 1.48. The molecule has 0 fully saturated rings. The monoisotopic (exact) mass is 264 g/mol. The van der Waals surface area contributed by atoms with Crippen LogP contribution in [0.4, 0.5) is 0 Å². The summed E-state index contributed by atoms with van der Waals surface area (Å²) in [5.74, 6) is 0.580. The average molecular weight is 264 g/mol. The van der Waals surface area contributed by atoms with E-state index in [1.54, 1.807) is 12.1 Å². The highest BCUT2D eigenvalue weighted by atomic mass is 31.2. The first-order chi connectivity index (χ1) is 8.55. The third-order valence-electron chi connectivity index (χ3n) is 2.42. The van der Waals surface area contributed by atoms with Crippen LogP contribution in [0, 0.1) is 0 Å². The van der Waals surface area contributed by atoms with Gasteiger partial charge in [0, 0.05) is 0 Å². The number of rotatable bonds is 4. The van der Waals surface area contributed by atoms with E-state index in [9.17, 15) is 4.57 Å². The summed E-state index contributed by atoms with van der Waals surface area (Å²) >= 11 is 0. The van der Waals surface area contributed by atoms with Crippen molar-refractivity contribution in [1.29, 1.82) is 0 Å². The Labute approximate surface area is 105 Å². The van der Waals surface area contributed by atoms with Gasteiger partial charge in [0.2, 0.25) is 0 Å². The lowest BCUT2D eigenvalue weighted by atomic mass is 10.2. The SMILES string of the molecule is O=P(O)(O)c1ccc(OCc2ccccc2)cc1. The topological polar surface area (TPSA) is 66.8 Å². The van der Waals surface area contributed by atoms with Crippen LogP contribution in [0.2, 0.25) is 0 Å². The molecule has 5 heteroatoms. The zero-order valence-corrected chi connectivity index (χ0v) is 10.5. The van der Waals surface area contributed by atoms with Crippen LogP contribution in [0.1, 0.15) is 5.56 Å². The van der Waals surface area contributed by atoms with Crippen molar-refractivity contribution >= 4 is 12.9 Å². The zero-order valence-electron chi connectivity index (χ0n) is 9.56. The lowest BCUT2D eigenvalue weighted by Gasteiger charge is -2.08. The van der Waals surface area contributed by atoms with Gasteiger partial charge in [-0.15, -0.1) is 0 Å². The summed E-state index contributed by atoms with van der Waals surface area (Å²) in [5, 5.41) is -0.00504. The number of ether oxygens (including phenoxy) is 1. The molecule has 0 heterocycles. The maximum Gasteiger partial charge on any atom is 0.356 e. The standard InChI is InChI=1S/C13H13O4P/c14-18(15,16)13-8-6-12(7-9-13)17-10-11-4-2-1-3-5-11/h1-9H,10H2,(H2,14,15,16). The number of benzene rings is 2. The van der Waals surface area contributed by atoms with E-state index in [1.165, 1.54) is 12.1 Å². The fourth-order valence-corrected chi connectivity index (χ4v) is 2.01. The van der Waals surface area contributed by atoms with Crippen LogP contribution in [0.15, 0.2) is 54.6 Å². The van der Waals surface area contributed by atoms with Gasteiger partial charge in [0.05, 0.1) is 5.30 Å². The zero-order chi connectivity index (χ0) is 13.0. The first kappa shape index (κ1) is 12.8. The Kier molecular flexibility index (Phi) is 3.82. The van der Waals surface area contributed by atoms with Gasteiger partial charge in [0.15, 0.2) is 0 Å². The predicted octanol–water partition coefficient (Wildman–Crippen LogP) is 2.07. The van der Waals surface area contributed by atoms with Gasteiger partial charge in [-0.2, -0.15) is 0 Å². The molecule has 0 aliphatic carbocycles. The first-order valence-corrected chi connectivity index (χ1v) is 7.00. The Morgan fingerprint density at radius 3 is 2.11 bits per heavy atom. The van der Waals surface area contributed by atoms with Crippen molar-refractivity contribution in [2.24, 2.45) is 0 Å². The summed E-state index contributed by atoms with van der Waals surface area (Å²) in [4.78, 5) is 17.9. The molecule has 0 saturated carbocycles. The molecule has 0 aliphatic heterocycles. The summed E-state index contributed by atoms with van der Waals surface area (Å²) in [6.45, 7) is 0.427. The lowest BCUT2D eigenvalue weighted by molar-refractivity contribution is 0.306. The second kappa shape index (κ2) is 5.36. The van der Waals surface area contributed by atoms with Crippen molar-refractivity contribution in [3.63, 3.8) is 0 Å². The number of hydrogen-bond acceptors (Lipinski definition) is 2. The van der Waals surface area contributed by atoms with Crippen molar-refractivity contribution < 1.29 is 19.1 Å². The molecule has 2 aromatic carbocycles. The minimum atomic E-state index is -4.17. The molecule has 2 aromatic rings. The highest BCUT2D eigenvalue weighted by Gasteiger charge is 2.16. The summed E-state index contributed by atoms with van der Waals surface area (Å²) in [7, 11) is -4.17. The van der Waals surface area contributed by atoms with E-state index in [0.29, 0.717) is 12.4 Å². The Hall–Kier alpha value is -1.61. The molecule has 94 valence electrons. The van der Waals surface area contributed by atoms with E-state index in [1.807, 2.05) is 30.3 Å². The minimum Gasteiger partial charge on any atom is -0.489 e. The smallest absolute Gasteiger partial charge is 0.356 e. The molecule has 0 aromatic heterocycles. The van der Waals surface area contributed by atoms with Gasteiger partial charge >= 0.3 is 7.60 Å². The van der Waals surface area contributed by atoms with Gasteiger partial charge < -0.3 is 14.5 Å². The van der Waals surface area contributed by atoms with Gasteiger partial charge in [0.1, 0.15) is 12.4 Å². The minimum absolute atomic E-state index is 0.00504. The van der Waals surface area contributed by atoms with E-state index in [-0.39, 0.29) is 5.30 Å². The van der Waals surface area contributed by atoms with Crippen LogP contribution in [0.5, 0.6) is 5.75 Å². The third-order valence-corrected chi connectivity index (χ3v) is 3.39. The molecule has 0 aliphatic rings. The predicted molar refractivity (Wildman–Crippen MR) is 68.9 cm³/mol. The third kappa shape index (κ3) is 3.44. The second-order valence-corrected chi connectivity index (χ2v) is 5.42. The quantitative estimate of drug-likeness (QED) is 0.829. The molecule has 4 nitrogen and oxygen atoms in total. The highest BCUT2D eigenvalue weighted by Crippen LogP contribution is 2.33. The Morgan fingerprint density at radius 2 is 1.56 bits per heavy atom. The van der Waals surface area contributed by atoms with Crippen LogP contribution in [0.3, 0.4) is 0 Å². The molecule has 0 amide bonds. The van der Waals surface area contributed by atoms with Crippen LogP contribution >= 0.6 is 7.60 Å². The van der Waals surface area contributed by atoms with Crippen LogP contribution < -0.4 is 10.0 Å². The van der Waals surface area contributed by atoms with Crippen molar-refractivity contribution in [3.05, 3.63) is 60.2 Å². The van der Waals surface area contributed by atoms with Crippen molar-refractivity contribution in [3.8, 4) is 5.75 Å². The van der Waals surface area contributed by atoms with Crippen molar-refractivity contribution in [2.45, 2.75) is 6.61 Å². The lowest BCUT2D eigenvalue weighted by Crippen LogP contribution is -2.03. The molecular weight excluding hydrogens is 251 g/mol. The first-order valence-electron chi connectivity index (χ1n) is 5.38. The van der Waals surface area contributed by atoms with E-state index < -0.39 is 7.60 Å². The molecule has 0 radical (unpaired) electrons. The van der Waals surface area contributed by atoms with Crippen molar-refractivity contribution in [2.75, 3.05) is 0 Å². The average Bonchev–Trinajstić information content (AvgIpc) is 2.37. The molecule has 0 unspecified atom stereocenters. The fraction of sp³-hybridized carbons (Fsp3) is 0.0769. The molecule has 2 rings (SSSR count). The van der Waals surface area contributed by atoms with Gasteiger partial charge in [0.25, 0.3) is 0 Å². The Balaban J connectivity index is 2.01. The van der Waals surface area contributed by atoms with E-state index in [2.05, 4.69) is 0 Å². The highest BCUT2D eigenvalue weighted by molar-refractivity contribution is 7.60. The molecule has 0 saturated heterocycles. The molecular formula is C13H13O4P. The summed E-state index contributed by atoms with van der Waals surface area (Å²) in [6, 6.07) is 15.5. The number of hydrogen-bond donors (Lipinski definition) is 2. The van der Waals surface area contributed by atoms with Gasteiger partial charge in [-0.05, 0) is 29.8 Å². The maximum atomic E-state index is 11.0. The Morgan fingerprint density at radius 1 is 0.944 bits per heavy atom.